The smallest absolute Gasteiger partial charge is 0.336 e. The zero-order chi connectivity index (χ0) is 22.1. The number of nitrogens with zero attached hydrogens (tertiary/aromatic N) is 2. The summed E-state index contributed by atoms with van der Waals surface area (Å²) in [5, 5.41) is 4.63. The Balaban J connectivity index is 1.84. The maximum atomic E-state index is 13.4. The quantitative estimate of drug-likeness (QED) is 0.520. The van der Waals surface area contributed by atoms with Crippen molar-refractivity contribution in [2.45, 2.75) is 20.4 Å². The Kier molecular flexibility index (Phi) is 5.48. The number of carbonyl (C=O) groups is 1. The van der Waals surface area contributed by atoms with Crippen molar-refractivity contribution < 1.29 is 9.53 Å². The van der Waals surface area contributed by atoms with E-state index in [-0.39, 0.29) is 12.5 Å². The van der Waals surface area contributed by atoms with Gasteiger partial charge in [0.2, 0.25) is 5.91 Å². The standard InChI is InChI=1S/C23H21N3O4S/c1-14-7-6-8-15(2)20(14)24-19(27)13-25-17-11-12-31-21(17)22(28)26(23(25)29)16-9-4-5-10-18(16)30-3/h4-12H,13H2,1-3H3,(H,24,27). The van der Waals surface area contributed by atoms with E-state index >= 15 is 0 Å². The third-order valence-corrected chi connectivity index (χ3v) is 6.02. The van der Waals surface area contributed by atoms with Gasteiger partial charge < -0.3 is 10.1 Å². The maximum Gasteiger partial charge on any atom is 0.336 e. The summed E-state index contributed by atoms with van der Waals surface area (Å²) in [5.74, 6) is 0.0429. The minimum absolute atomic E-state index is 0.227. The monoisotopic (exact) mass is 435 g/mol. The first-order chi connectivity index (χ1) is 14.9. The molecule has 0 spiro atoms. The lowest BCUT2D eigenvalue weighted by Gasteiger charge is -2.15. The number of thiophene rings is 1. The lowest BCUT2D eigenvalue weighted by molar-refractivity contribution is -0.116. The summed E-state index contributed by atoms with van der Waals surface area (Å²) in [6.45, 7) is 3.59. The van der Waals surface area contributed by atoms with Crippen LogP contribution in [0.4, 0.5) is 5.69 Å². The van der Waals surface area contributed by atoms with Crippen LogP contribution in [-0.2, 0) is 11.3 Å². The number of ether oxygens (including phenoxy) is 1. The number of amides is 1. The first-order valence-corrected chi connectivity index (χ1v) is 10.5. The number of rotatable bonds is 5. The first kappa shape index (κ1) is 20.6. The zero-order valence-corrected chi connectivity index (χ0v) is 18.2. The number of aromatic nitrogens is 2. The first-order valence-electron chi connectivity index (χ1n) is 9.65. The Morgan fingerprint density at radius 1 is 1.03 bits per heavy atom. The predicted octanol–water partition coefficient (Wildman–Crippen LogP) is 3.48. The topological polar surface area (TPSA) is 82.3 Å². The summed E-state index contributed by atoms with van der Waals surface area (Å²) in [6, 6.07) is 14.2. The van der Waals surface area contributed by atoms with Crippen LogP contribution in [0.15, 0.2) is 63.5 Å². The van der Waals surface area contributed by atoms with Crippen LogP contribution in [0.5, 0.6) is 5.75 Å². The van der Waals surface area contributed by atoms with Gasteiger partial charge in [-0.1, -0.05) is 30.3 Å². The van der Waals surface area contributed by atoms with E-state index in [4.69, 9.17) is 4.74 Å². The minimum Gasteiger partial charge on any atom is -0.495 e. The number of fused-ring (bicyclic) bond motifs is 1. The molecule has 4 rings (SSSR count). The molecule has 158 valence electrons. The minimum atomic E-state index is -0.600. The van der Waals surface area contributed by atoms with Crippen molar-refractivity contribution in [2.24, 2.45) is 0 Å². The fourth-order valence-electron chi connectivity index (χ4n) is 3.60. The molecule has 0 radical (unpaired) electrons. The van der Waals surface area contributed by atoms with Gasteiger partial charge in [0.25, 0.3) is 5.56 Å². The van der Waals surface area contributed by atoms with Crippen molar-refractivity contribution in [3.8, 4) is 11.4 Å². The van der Waals surface area contributed by atoms with E-state index in [1.807, 2.05) is 32.0 Å². The van der Waals surface area contributed by atoms with Crippen molar-refractivity contribution in [1.29, 1.82) is 0 Å². The molecule has 1 N–H and O–H groups in total. The molecule has 2 heterocycles. The molecular formula is C23H21N3O4S. The second-order valence-electron chi connectivity index (χ2n) is 7.13. The number of para-hydroxylation sites is 3. The molecule has 0 unspecified atom stereocenters. The molecule has 0 aliphatic heterocycles. The summed E-state index contributed by atoms with van der Waals surface area (Å²) >= 11 is 1.23. The van der Waals surface area contributed by atoms with Crippen molar-refractivity contribution >= 4 is 33.1 Å². The maximum absolute atomic E-state index is 13.4. The fraction of sp³-hybridized carbons (Fsp3) is 0.174. The van der Waals surface area contributed by atoms with Crippen LogP contribution >= 0.6 is 11.3 Å². The highest BCUT2D eigenvalue weighted by atomic mass is 32.1. The van der Waals surface area contributed by atoms with E-state index < -0.39 is 11.2 Å². The zero-order valence-electron chi connectivity index (χ0n) is 17.3. The number of nitrogens with one attached hydrogen (secondary N) is 1. The Labute approximate surface area is 182 Å². The van der Waals surface area contributed by atoms with E-state index in [9.17, 15) is 14.4 Å². The van der Waals surface area contributed by atoms with E-state index in [1.165, 1.54) is 23.0 Å². The molecule has 0 fully saturated rings. The molecule has 0 saturated heterocycles. The number of carbonyl (C=O) groups excluding carboxylic acids is 1. The lowest BCUT2D eigenvalue weighted by Crippen LogP contribution is -2.40. The molecule has 1 amide bonds. The van der Waals surface area contributed by atoms with Crippen LogP contribution in [0.3, 0.4) is 0 Å². The van der Waals surface area contributed by atoms with Crippen molar-refractivity contribution in [3.63, 3.8) is 0 Å². The highest BCUT2D eigenvalue weighted by Crippen LogP contribution is 2.23. The van der Waals surface area contributed by atoms with Crippen LogP contribution < -0.4 is 21.3 Å². The fourth-order valence-corrected chi connectivity index (χ4v) is 4.43. The van der Waals surface area contributed by atoms with Gasteiger partial charge in [-0.3, -0.25) is 14.2 Å². The molecule has 0 saturated carbocycles. The van der Waals surface area contributed by atoms with Gasteiger partial charge in [-0.25, -0.2) is 9.36 Å². The molecule has 4 aromatic rings. The lowest BCUT2D eigenvalue weighted by atomic mass is 10.1. The molecular weight excluding hydrogens is 414 g/mol. The summed E-state index contributed by atoms with van der Waals surface area (Å²) < 4.78 is 8.12. The average Bonchev–Trinajstić information content (AvgIpc) is 3.24. The van der Waals surface area contributed by atoms with Crippen molar-refractivity contribution in [3.05, 3.63) is 85.9 Å². The Bertz CT molecular complexity index is 1390. The normalized spacial score (nSPS) is 10.9. The predicted molar refractivity (Wildman–Crippen MR) is 123 cm³/mol. The number of benzene rings is 2. The number of methoxy groups -OCH3 is 1. The number of hydrogen-bond donors (Lipinski definition) is 1. The average molecular weight is 436 g/mol. The molecule has 8 heteroatoms. The third-order valence-electron chi connectivity index (χ3n) is 5.13. The number of aryl methyl sites for hydroxylation is 2. The Hall–Kier alpha value is -3.65. The Morgan fingerprint density at radius 2 is 1.74 bits per heavy atom. The van der Waals surface area contributed by atoms with Crippen molar-refractivity contribution in [2.75, 3.05) is 12.4 Å². The van der Waals surface area contributed by atoms with Gasteiger partial charge in [-0.15, -0.1) is 11.3 Å². The van der Waals surface area contributed by atoms with E-state index in [0.717, 1.165) is 21.4 Å². The van der Waals surface area contributed by atoms with E-state index in [1.54, 1.807) is 35.7 Å². The molecule has 0 bridgehead atoms. The van der Waals surface area contributed by atoms with Gasteiger partial charge in [0, 0.05) is 5.69 Å². The van der Waals surface area contributed by atoms with Crippen LogP contribution in [0.2, 0.25) is 0 Å². The summed E-state index contributed by atoms with van der Waals surface area (Å²) in [6.07, 6.45) is 0. The molecule has 7 nitrogen and oxygen atoms in total. The SMILES string of the molecule is COc1ccccc1-n1c(=O)c2sccc2n(CC(=O)Nc2c(C)cccc2C)c1=O. The van der Waals surface area contributed by atoms with Gasteiger partial charge in [0.15, 0.2) is 0 Å². The summed E-state index contributed by atoms with van der Waals surface area (Å²) in [7, 11) is 1.48. The second-order valence-corrected chi connectivity index (χ2v) is 8.05. The highest BCUT2D eigenvalue weighted by Gasteiger charge is 2.19. The second kappa shape index (κ2) is 8.23. The number of anilines is 1. The highest BCUT2D eigenvalue weighted by molar-refractivity contribution is 7.17. The van der Waals surface area contributed by atoms with Crippen LogP contribution in [0.1, 0.15) is 11.1 Å². The van der Waals surface area contributed by atoms with E-state index in [2.05, 4.69) is 5.32 Å². The molecule has 2 aromatic heterocycles. The molecule has 31 heavy (non-hydrogen) atoms. The molecule has 0 aliphatic rings. The van der Waals surface area contributed by atoms with Crippen LogP contribution in [0, 0.1) is 13.8 Å². The van der Waals surface area contributed by atoms with Crippen LogP contribution in [0.25, 0.3) is 15.9 Å². The van der Waals surface area contributed by atoms with Crippen molar-refractivity contribution in [1.82, 2.24) is 9.13 Å². The summed E-state index contributed by atoms with van der Waals surface area (Å²) in [5.41, 5.74) is 2.31. The van der Waals surface area contributed by atoms with Gasteiger partial charge in [-0.05, 0) is 48.6 Å². The van der Waals surface area contributed by atoms with E-state index in [0.29, 0.717) is 21.7 Å². The van der Waals surface area contributed by atoms with Gasteiger partial charge in [0.1, 0.15) is 17.0 Å². The Morgan fingerprint density at radius 3 is 2.45 bits per heavy atom. The number of hydrogen-bond acceptors (Lipinski definition) is 5. The molecule has 0 aliphatic carbocycles. The van der Waals surface area contributed by atoms with Crippen LogP contribution in [-0.4, -0.2) is 22.2 Å². The van der Waals surface area contributed by atoms with Gasteiger partial charge in [-0.2, -0.15) is 0 Å². The molecule has 2 aromatic carbocycles. The summed E-state index contributed by atoms with van der Waals surface area (Å²) in [4.78, 5) is 39.4. The third kappa shape index (κ3) is 3.66. The molecule has 0 atom stereocenters. The van der Waals surface area contributed by atoms with Gasteiger partial charge >= 0.3 is 5.69 Å². The van der Waals surface area contributed by atoms with Gasteiger partial charge in [0.05, 0.1) is 18.3 Å². The largest absolute Gasteiger partial charge is 0.495 e.